The molecular formula is C30H46F2O3. The van der Waals surface area contributed by atoms with Crippen molar-refractivity contribution < 1.29 is 24.1 Å². The maximum Gasteiger partial charge on any atom is 0.276 e. The van der Waals surface area contributed by atoms with Crippen LogP contribution in [0.3, 0.4) is 0 Å². The highest BCUT2D eigenvalue weighted by Gasteiger charge is 2.51. The van der Waals surface area contributed by atoms with Crippen LogP contribution in [0.15, 0.2) is 47.1 Å². The minimum atomic E-state index is -3.09. The van der Waals surface area contributed by atoms with Crippen LogP contribution in [-0.4, -0.2) is 39.6 Å². The van der Waals surface area contributed by atoms with Crippen molar-refractivity contribution in [3.05, 3.63) is 47.1 Å². The molecule has 0 saturated heterocycles. The fraction of sp³-hybridized carbons (Fsp3) is 0.733. The second kappa shape index (κ2) is 11.0. The van der Waals surface area contributed by atoms with E-state index in [0.717, 1.165) is 36.8 Å². The van der Waals surface area contributed by atoms with Crippen molar-refractivity contribution in [1.29, 1.82) is 0 Å². The minimum Gasteiger partial charge on any atom is -0.396 e. The van der Waals surface area contributed by atoms with Crippen molar-refractivity contribution in [2.24, 2.45) is 23.2 Å². The van der Waals surface area contributed by atoms with Crippen molar-refractivity contribution in [3.63, 3.8) is 0 Å². The summed E-state index contributed by atoms with van der Waals surface area (Å²) in [6, 6.07) is 0. The zero-order valence-corrected chi connectivity index (χ0v) is 22.1. The highest BCUT2D eigenvalue weighted by atomic mass is 19.3. The third kappa shape index (κ3) is 5.52. The second-order valence-corrected chi connectivity index (χ2v) is 11.5. The molecule has 3 aliphatic carbocycles. The fourth-order valence-corrected chi connectivity index (χ4v) is 6.94. The van der Waals surface area contributed by atoms with Crippen molar-refractivity contribution in [2.45, 2.75) is 110 Å². The Bertz CT molecular complexity index is 867. The topological polar surface area (TPSA) is 60.7 Å². The standard InChI is InChI=1S/C30H46F2O3/c1-6-29(35,7-2)30(31,32)16-14-20(3)26-12-13-27-22(9-8-15-28(26,27)5)10-11-23-17-25(34)18-24(19-33)21(23)4/h10-12,20,24-25,27,33-35H,4,6-9,13-19H2,1-3,5H3/b22-10+,23-11-/t20-,24?,25-,27?,28-/m1/s1. The second-order valence-electron chi connectivity index (χ2n) is 11.5. The number of allylic oxidation sites excluding steroid dienone is 5. The lowest BCUT2D eigenvalue weighted by atomic mass is 9.62. The molecule has 0 aliphatic heterocycles. The summed E-state index contributed by atoms with van der Waals surface area (Å²) >= 11 is 0. The molecular weight excluding hydrogens is 446 g/mol. The molecule has 3 rings (SSSR count). The van der Waals surface area contributed by atoms with Crippen LogP contribution in [-0.2, 0) is 0 Å². The van der Waals surface area contributed by atoms with E-state index in [9.17, 15) is 24.1 Å². The van der Waals surface area contributed by atoms with Gasteiger partial charge in [-0.1, -0.05) is 63.6 Å². The van der Waals surface area contributed by atoms with Crippen LogP contribution in [0.4, 0.5) is 8.78 Å². The molecule has 0 aromatic rings. The molecule has 0 radical (unpaired) electrons. The molecule has 3 nitrogen and oxygen atoms in total. The van der Waals surface area contributed by atoms with Gasteiger partial charge in [0.1, 0.15) is 5.60 Å². The Morgan fingerprint density at radius 3 is 2.57 bits per heavy atom. The molecule has 0 aromatic carbocycles. The molecule has 2 saturated carbocycles. The molecule has 0 bridgehead atoms. The zero-order chi connectivity index (χ0) is 26.0. The number of hydrogen-bond acceptors (Lipinski definition) is 3. The summed E-state index contributed by atoms with van der Waals surface area (Å²) in [5, 5.41) is 30.3. The molecule has 0 aromatic heterocycles. The number of halogens is 2. The lowest BCUT2D eigenvalue weighted by Crippen LogP contribution is -2.47. The van der Waals surface area contributed by atoms with Gasteiger partial charge >= 0.3 is 0 Å². The van der Waals surface area contributed by atoms with E-state index in [1.807, 2.05) is 0 Å². The van der Waals surface area contributed by atoms with Crippen LogP contribution in [0, 0.1) is 23.2 Å². The van der Waals surface area contributed by atoms with E-state index in [0.29, 0.717) is 25.2 Å². The van der Waals surface area contributed by atoms with Crippen LogP contribution in [0.25, 0.3) is 0 Å². The number of fused-ring (bicyclic) bond motifs is 1. The van der Waals surface area contributed by atoms with Gasteiger partial charge in [0, 0.05) is 12.3 Å². The van der Waals surface area contributed by atoms with Gasteiger partial charge < -0.3 is 15.3 Å². The Kier molecular flexibility index (Phi) is 8.87. The summed E-state index contributed by atoms with van der Waals surface area (Å²) in [4.78, 5) is 0. The first kappa shape index (κ1) is 28.3. The summed E-state index contributed by atoms with van der Waals surface area (Å²) in [7, 11) is 0. The number of rotatable bonds is 9. The third-order valence-electron chi connectivity index (χ3n) is 9.52. The van der Waals surface area contributed by atoms with E-state index >= 15 is 0 Å². The minimum absolute atomic E-state index is 0.00261. The van der Waals surface area contributed by atoms with E-state index in [4.69, 9.17) is 0 Å². The summed E-state index contributed by atoms with van der Waals surface area (Å²) in [6.07, 6.45) is 11.5. The summed E-state index contributed by atoms with van der Waals surface area (Å²) in [5.41, 5.74) is 2.67. The molecule has 198 valence electrons. The predicted molar refractivity (Wildman–Crippen MR) is 138 cm³/mol. The van der Waals surface area contributed by atoms with Gasteiger partial charge in [-0.15, -0.1) is 0 Å². The van der Waals surface area contributed by atoms with Gasteiger partial charge in [0.25, 0.3) is 5.92 Å². The Hall–Kier alpha value is -1.30. The Balaban J connectivity index is 1.73. The maximum atomic E-state index is 14.9. The molecule has 35 heavy (non-hydrogen) atoms. The molecule has 3 N–H and O–H groups in total. The summed E-state index contributed by atoms with van der Waals surface area (Å²) in [6.45, 7) is 11.8. The van der Waals surface area contributed by atoms with Crippen molar-refractivity contribution in [2.75, 3.05) is 6.61 Å². The molecule has 3 aliphatic rings. The predicted octanol–water partition coefficient (Wildman–Crippen LogP) is 6.90. The fourth-order valence-electron chi connectivity index (χ4n) is 6.94. The van der Waals surface area contributed by atoms with Crippen LogP contribution < -0.4 is 0 Å². The smallest absolute Gasteiger partial charge is 0.276 e. The van der Waals surface area contributed by atoms with Gasteiger partial charge in [0.2, 0.25) is 0 Å². The normalized spacial score (nSPS) is 33.2. The molecule has 5 atom stereocenters. The summed E-state index contributed by atoms with van der Waals surface area (Å²) < 4.78 is 29.7. The van der Waals surface area contributed by atoms with Crippen LogP contribution in [0.1, 0.15) is 91.9 Å². The molecule has 0 heterocycles. The van der Waals surface area contributed by atoms with E-state index in [2.05, 4.69) is 38.7 Å². The van der Waals surface area contributed by atoms with Crippen molar-refractivity contribution in [3.8, 4) is 0 Å². The van der Waals surface area contributed by atoms with Gasteiger partial charge in [0.15, 0.2) is 0 Å². The van der Waals surface area contributed by atoms with E-state index < -0.39 is 17.6 Å². The van der Waals surface area contributed by atoms with E-state index in [1.54, 1.807) is 13.8 Å². The first-order valence-electron chi connectivity index (χ1n) is 13.6. The van der Waals surface area contributed by atoms with Crippen molar-refractivity contribution in [1.82, 2.24) is 0 Å². The lowest BCUT2D eigenvalue weighted by molar-refractivity contribution is -0.189. The first-order chi connectivity index (χ1) is 16.4. The zero-order valence-electron chi connectivity index (χ0n) is 22.1. The van der Waals surface area contributed by atoms with Crippen LogP contribution in [0.5, 0.6) is 0 Å². The Morgan fingerprint density at radius 1 is 1.26 bits per heavy atom. The number of aliphatic hydroxyl groups excluding tert-OH is 2. The molecule has 0 amide bonds. The molecule has 0 spiro atoms. The quantitative estimate of drug-likeness (QED) is 0.307. The van der Waals surface area contributed by atoms with Crippen LogP contribution in [0.2, 0.25) is 0 Å². The third-order valence-corrected chi connectivity index (χ3v) is 9.52. The monoisotopic (exact) mass is 492 g/mol. The average molecular weight is 493 g/mol. The largest absolute Gasteiger partial charge is 0.396 e. The van der Waals surface area contributed by atoms with E-state index in [1.165, 1.54) is 11.1 Å². The number of aliphatic hydroxyl groups is 3. The highest BCUT2D eigenvalue weighted by Crippen LogP contribution is 2.57. The average Bonchev–Trinajstić information content (AvgIpc) is 3.19. The molecule has 2 unspecified atom stereocenters. The van der Waals surface area contributed by atoms with Gasteiger partial charge in [-0.05, 0) is 86.2 Å². The van der Waals surface area contributed by atoms with Gasteiger partial charge in [-0.2, -0.15) is 0 Å². The maximum absolute atomic E-state index is 14.9. The SMILES string of the molecule is C=C1/C(=C\C=C2/CCC[C@]3(C)C([C@H](C)CCC(F)(F)C(O)(CC)CC)=CCC23)C[C@@H](O)CC1CO. The summed E-state index contributed by atoms with van der Waals surface area (Å²) in [5.74, 6) is -2.76. The van der Waals surface area contributed by atoms with Crippen molar-refractivity contribution >= 4 is 0 Å². The first-order valence-corrected chi connectivity index (χ1v) is 13.6. The lowest BCUT2D eigenvalue weighted by Gasteiger charge is -2.43. The van der Waals surface area contributed by atoms with E-state index in [-0.39, 0.29) is 43.1 Å². The van der Waals surface area contributed by atoms with Crippen LogP contribution >= 0.6 is 0 Å². The van der Waals surface area contributed by atoms with Gasteiger partial charge in [0.05, 0.1) is 12.7 Å². The number of alkyl halides is 2. The molecule has 2 fully saturated rings. The Morgan fingerprint density at radius 2 is 1.94 bits per heavy atom. The number of hydrogen-bond donors (Lipinski definition) is 3. The Labute approximate surface area is 210 Å². The van der Waals surface area contributed by atoms with Gasteiger partial charge in [-0.3, -0.25) is 0 Å². The van der Waals surface area contributed by atoms with Gasteiger partial charge in [-0.25, -0.2) is 8.78 Å². The molecule has 5 heteroatoms. The highest BCUT2D eigenvalue weighted by molar-refractivity contribution is 5.39.